The largest absolute Gasteiger partial charge is 0.372 e. The maximum Gasteiger partial charge on any atom is 0.308 e. The first-order valence-corrected chi connectivity index (χ1v) is 9.21. The number of nitro groups is 3. The van der Waals surface area contributed by atoms with Crippen molar-refractivity contribution in [2.24, 2.45) is 0 Å². The predicted molar refractivity (Wildman–Crippen MR) is 116 cm³/mol. The zero-order valence-corrected chi connectivity index (χ0v) is 16.6. The van der Waals surface area contributed by atoms with Gasteiger partial charge < -0.3 is 5.11 Å². The van der Waals surface area contributed by atoms with Crippen LogP contribution in [0.15, 0.2) is 72.8 Å². The SMILES string of the molecule is CC(O)N(c1c([N+](=O)[O-])cc([N+](=O)[O-])cc1[N+](=O)[O-])N(c1ccccc1)c1ccccc1. The maximum atomic E-state index is 11.8. The second-order valence-corrected chi connectivity index (χ2v) is 6.56. The Morgan fingerprint density at radius 2 is 1.16 bits per heavy atom. The van der Waals surface area contributed by atoms with Crippen LogP contribution in [0.25, 0.3) is 0 Å². The van der Waals surface area contributed by atoms with E-state index in [4.69, 9.17) is 0 Å². The van der Waals surface area contributed by atoms with E-state index in [1.807, 2.05) is 0 Å². The van der Waals surface area contributed by atoms with E-state index in [1.54, 1.807) is 60.7 Å². The average molecular weight is 439 g/mol. The van der Waals surface area contributed by atoms with E-state index in [1.165, 1.54) is 11.9 Å². The molecule has 0 fully saturated rings. The highest BCUT2D eigenvalue weighted by atomic mass is 16.6. The molecule has 3 aromatic rings. The fourth-order valence-corrected chi connectivity index (χ4v) is 3.20. The number of rotatable bonds is 8. The molecule has 0 aliphatic carbocycles. The lowest BCUT2D eigenvalue weighted by molar-refractivity contribution is -0.402. The van der Waals surface area contributed by atoms with Gasteiger partial charge in [-0.3, -0.25) is 35.4 Å². The smallest absolute Gasteiger partial charge is 0.308 e. The van der Waals surface area contributed by atoms with Crippen LogP contribution in [0.3, 0.4) is 0 Å². The molecule has 0 amide bonds. The summed E-state index contributed by atoms with van der Waals surface area (Å²) in [5.41, 5.74) is -2.35. The van der Waals surface area contributed by atoms with Crippen LogP contribution in [-0.2, 0) is 0 Å². The molecule has 0 spiro atoms. The van der Waals surface area contributed by atoms with Gasteiger partial charge in [-0.05, 0) is 31.2 Å². The maximum absolute atomic E-state index is 11.8. The Labute approximate surface area is 181 Å². The lowest BCUT2D eigenvalue weighted by Gasteiger charge is -2.39. The third-order valence-electron chi connectivity index (χ3n) is 4.46. The van der Waals surface area contributed by atoms with Crippen molar-refractivity contribution in [1.29, 1.82) is 0 Å². The van der Waals surface area contributed by atoms with Crippen LogP contribution in [0.2, 0.25) is 0 Å². The minimum Gasteiger partial charge on any atom is -0.372 e. The van der Waals surface area contributed by atoms with Gasteiger partial charge in [0.1, 0.15) is 6.23 Å². The summed E-state index contributed by atoms with van der Waals surface area (Å²) < 4.78 is 0. The Morgan fingerprint density at radius 1 is 0.750 bits per heavy atom. The van der Waals surface area contributed by atoms with Gasteiger partial charge in [0, 0.05) is 0 Å². The molecular weight excluding hydrogens is 422 g/mol. The number of aliphatic hydroxyl groups excluding tert-OH is 1. The van der Waals surface area contributed by atoms with Crippen LogP contribution >= 0.6 is 0 Å². The van der Waals surface area contributed by atoms with E-state index >= 15 is 0 Å². The molecule has 0 radical (unpaired) electrons. The lowest BCUT2D eigenvalue weighted by Crippen LogP contribution is -2.46. The average Bonchev–Trinajstić information content (AvgIpc) is 2.77. The predicted octanol–water partition coefficient (Wildman–Crippen LogP) is 4.31. The minimum absolute atomic E-state index is 0.432. The number of hydrogen-bond donors (Lipinski definition) is 1. The number of benzene rings is 3. The number of nitrogens with zero attached hydrogens (tertiary/aromatic N) is 5. The molecule has 0 saturated heterocycles. The molecule has 1 atom stereocenters. The Hall–Kier alpha value is -4.58. The van der Waals surface area contributed by atoms with Crippen molar-refractivity contribution < 1.29 is 19.9 Å². The third-order valence-corrected chi connectivity index (χ3v) is 4.46. The van der Waals surface area contributed by atoms with Crippen LogP contribution in [-0.4, -0.2) is 26.1 Å². The van der Waals surface area contributed by atoms with Gasteiger partial charge in [0.2, 0.25) is 5.69 Å². The normalized spacial score (nSPS) is 11.4. The van der Waals surface area contributed by atoms with Gasteiger partial charge in [0.25, 0.3) is 5.69 Å². The quantitative estimate of drug-likeness (QED) is 0.307. The van der Waals surface area contributed by atoms with E-state index < -0.39 is 43.7 Å². The van der Waals surface area contributed by atoms with Crippen LogP contribution in [0, 0.1) is 30.3 Å². The number of hydrazine groups is 1. The van der Waals surface area contributed by atoms with Crippen LogP contribution < -0.4 is 10.0 Å². The highest BCUT2D eigenvalue weighted by Crippen LogP contribution is 2.44. The molecule has 0 aliphatic rings. The standard InChI is InChI=1S/C20H17N5O7/c1-14(26)21(22(15-8-4-2-5-9-15)16-10-6-3-7-11-16)20-18(24(29)30)12-17(23(27)28)13-19(20)25(31)32/h2-14,26H,1H3. The van der Waals surface area contributed by atoms with Gasteiger partial charge in [-0.25, -0.2) is 5.01 Å². The van der Waals surface area contributed by atoms with Crippen molar-refractivity contribution in [3.05, 3.63) is 103 Å². The van der Waals surface area contributed by atoms with Crippen molar-refractivity contribution in [2.45, 2.75) is 13.2 Å². The number of aliphatic hydroxyl groups is 1. The van der Waals surface area contributed by atoms with Crippen molar-refractivity contribution in [1.82, 2.24) is 0 Å². The summed E-state index contributed by atoms with van der Waals surface area (Å²) in [5, 5.41) is 47.9. The summed E-state index contributed by atoms with van der Waals surface area (Å²) >= 11 is 0. The van der Waals surface area contributed by atoms with E-state index in [2.05, 4.69) is 0 Å². The summed E-state index contributed by atoms with van der Waals surface area (Å²) in [6.07, 6.45) is -1.51. The molecule has 32 heavy (non-hydrogen) atoms. The van der Waals surface area contributed by atoms with Crippen molar-refractivity contribution >= 4 is 34.1 Å². The van der Waals surface area contributed by atoms with Gasteiger partial charge in [0.05, 0.1) is 38.3 Å². The minimum atomic E-state index is -1.51. The van der Waals surface area contributed by atoms with Crippen LogP contribution in [0.5, 0.6) is 0 Å². The Balaban J connectivity index is 2.40. The number of non-ortho nitro benzene ring substituents is 1. The Morgan fingerprint density at radius 3 is 1.47 bits per heavy atom. The Kier molecular flexibility index (Phi) is 6.26. The monoisotopic (exact) mass is 439 g/mol. The number of nitro benzene ring substituents is 3. The summed E-state index contributed by atoms with van der Waals surface area (Å²) in [7, 11) is 0. The van der Waals surface area contributed by atoms with Gasteiger partial charge >= 0.3 is 11.4 Å². The van der Waals surface area contributed by atoms with Gasteiger partial charge in [0.15, 0.2) is 0 Å². The lowest BCUT2D eigenvalue weighted by atomic mass is 10.1. The third kappa shape index (κ3) is 4.29. The molecule has 1 unspecified atom stereocenters. The van der Waals surface area contributed by atoms with E-state index in [-0.39, 0.29) is 0 Å². The molecule has 12 heteroatoms. The molecule has 0 saturated carbocycles. The van der Waals surface area contributed by atoms with E-state index in [0.717, 1.165) is 5.01 Å². The molecule has 1 N–H and O–H groups in total. The van der Waals surface area contributed by atoms with Crippen LogP contribution in [0.4, 0.5) is 34.1 Å². The molecule has 0 heterocycles. The van der Waals surface area contributed by atoms with Crippen molar-refractivity contribution in [3.63, 3.8) is 0 Å². The summed E-state index contributed by atoms with van der Waals surface area (Å²) in [5.74, 6) is 0. The molecule has 0 aliphatic heterocycles. The zero-order chi connectivity index (χ0) is 23.4. The molecule has 3 aromatic carbocycles. The van der Waals surface area contributed by atoms with Gasteiger partial charge in [-0.15, -0.1) is 0 Å². The summed E-state index contributed by atoms with van der Waals surface area (Å²) in [6, 6.07) is 18.0. The van der Waals surface area contributed by atoms with Gasteiger partial charge in [-0.1, -0.05) is 36.4 Å². The second kappa shape index (κ2) is 9.06. The van der Waals surface area contributed by atoms with E-state index in [0.29, 0.717) is 23.5 Å². The molecule has 0 aromatic heterocycles. The number of para-hydroxylation sites is 2. The van der Waals surface area contributed by atoms with E-state index in [9.17, 15) is 35.4 Å². The highest BCUT2D eigenvalue weighted by Gasteiger charge is 2.39. The first-order valence-electron chi connectivity index (χ1n) is 9.21. The topological polar surface area (TPSA) is 156 Å². The first-order chi connectivity index (χ1) is 15.2. The second-order valence-electron chi connectivity index (χ2n) is 6.56. The number of hydrogen-bond acceptors (Lipinski definition) is 9. The fourth-order valence-electron chi connectivity index (χ4n) is 3.20. The Bertz CT molecular complexity index is 1080. The molecule has 164 valence electrons. The summed E-state index contributed by atoms with van der Waals surface area (Å²) in [6.45, 7) is 1.27. The highest BCUT2D eigenvalue weighted by molar-refractivity contribution is 5.83. The van der Waals surface area contributed by atoms with Crippen molar-refractivity contribution in [2.75, 3.05) is 10.0 Å². The zero-order valence-electron chi connectivity index (χ0n) is 16.6. The molecule has 12 nitrogen and oxygen atoms in total. The number of anilines is 3. The first kappa shape index (κ1) is 22.1. The van der Waals surface area contributed by atoms with Crippen molar-refractivity contribution in [3.8, 4) is 0 Å². The van der Waals surface area contributed by atoms with Gasteiger partial charge in [-0.2, -0.15) is 0 Å². The fraction of sp³-hybridized carbons (Fsp3) is 0.100. The summed E-state index contributed by atoms with van der Waals surface area (Å²) in [4.78, 5) is 32.0. The molecular formula is C20H17N5O7. The molecule has 0 bridgehead atoms. The molecule has 3 rings (SSSR count). The van der Waals surface area contributed by atoms with Crippen LogP contribution in [0.1, 0.15) is 6.92 Å².